The average Bonchev–Trinajstić information content (AvgIpc) is 3.10. The van der Waals surface area contributed by atoms with Gasteiger partial charge in [0.1, 0.15) is 12.0 Å². The highest BCUT2D eigenvalue weighted by atomic mass is 35.5. The van der Waals surface area contributed by atoms with Crippen molar-refractivity contribution in [2.24, 2.45) is 5.92 Å². The summed E-state index contributed by atoms with van der Waals surface area (Å²) < 4.78 is 1.81. The molecule has 1 saturated carbocycles. The lowest BCUT2D eigenvalue weighted by atomic mass is 10.0. The number of amides is 1. The maximum Gasteiger partial charge on any atom is 0.270 e. The molecule has 1 saturated heterocycles. The average molecular weight is 291 g/mol. The van der Waals surface area contributed by atoms with Crippen LogP contribution in [0.25, 0.3) is 5.52 Å². The molecule has 0 radical (unpaired) electrons. The molecule has 2 fully saturated rings. The number of carbonyl (C=O) groups is 1. The number of nitrogens with one attached hydrogen (secondary N) is 2. The van der Waals surface area contributed by atoms with Gasteiger partial charge in [-0.25, -0.2) is 4.98 Å². The monoisotopic (exact) mass is 290 g/mol. The van der Waals surface area contributed by atoms with E-state index in [9.17, 15) is 4.79 Å². The lowest BCUT2D eigenvalue weighted by Gasteiger charge is -2.23. The molecule has 1 aliphatic carbocycles. The molecular formula is C14H15ClN4O. The molecule has 2 aromatic rings. The van der Waals surface area contributed by atoms with Gasteiger partial charge in [0.15, 0.2) is 0 Å². The minimum Gasteiger partial charge on any atom is -0.348 e. The van der Waals surface area contributed by atoms with Crippen molar-refractivity contribution in [3.05, 3.63) is 35.4 Å². The van der Waals surface area contributed by atoms with Crippen LogP contribution < -0.4 is 10.6 Å². The second-order valence-corrected chi connectivity index (χ2v) is 6.12. The first-order chi connectivity index (χ1) is 9.69. The summed E-state index contributed by atoms with van der Waals surface area (Å²) in [4.78, 5) is 16.5. The van der Waals surface area contributed by atoms with Crippen molar-refractivity contribution in [2.75, 3.05) is 6.54 Å². The first-order valence-electron chi connectivity index (χ1n) is 6.86. The van der Waals surface area contributed by atoms with Gasteiger partial charge >= 0.3 is 0 Å². The number of rotatable bonds is 2. The van der Waals surface area contributed by atoms with Crippen LogP contribution in [0.5, 0.6) is 0 Å². The number of hydrogen-bond donors (Lipinski definition) is 2. The highest BCUT2D eigenvalue weighted by Crippen LogP contribution is 2.31. The minimum absolute atomic E-state index is 0.0950. The van der Waals surface area contributed by atoms with Crippen LogP contribution in [0.2, 0.25) is 5.02 Å². The summed E-state index contributed by atoms with van der Waals surface area (Å²) in [6.45, 7) is 1.01. The van der Waals surface area contributed by atoms with E-state index in [1.165, 1.54) is 6.42 Å². The second kappa shape index (κ2) is 4.46. The fourth-order valence-corrected chi connectivity index (χ4v) is 3.57. The SMILES string of the molecule is O=C(NC1CC2CC1CN2)c1cc2cc(Cl)cn2cn1. The quantitative estimate of drug-likeness (QED) is 0.880. The summed E-state index contributed by atoms with van der Waals surface area (Å²) >= 11 is 5.94. The normalized spacial score (nSPS) is 28.1. The van der Waals surface area contributed by atoms with Gasteiger partial charge in [-0.05, 0) is 30.9 Å². The summed E-state index contributed by atoms with van der Waals surface area (Å²) in [6.07, 6.45) is 5.59. The van der Waals surface area contributed by atoms with Gasteiger partial charge in [-0.1, -0.05) is 11.6 Å². The number of aromatic nitrogens is 2. The Bertz CT molecular complexity index is 683. The van der Waals surface area contributed by atoms with Crippen molar-refractivity contribution in [1.29, 1.82) is 0 Å². The molecule has 2 N–H and O–H groups in total. The smallest absolute Gasteiger partial charge is 0.270 e. The van der Waals surface area contributed by atoms with E-state index in [1.807, 2.05) is 6.07 Å². The topological polar surface area (TPSA) is 58.4 Å². The zero-order valence-electron chi connectivity index (χ0n) is 10.8. The molecule has 2 bridgehead atoms. The number of hydrogen-bond acceptors (Lipinski definition) is 3. The second-order valence-electron chi connectivity index (χ2n) is 5.68. The Morgan fingerprint density at radius 2 is 2.35 bits per heavy atom. The molecule has 1 amide bonds. The predicted octanol–water partition coefficient (Wildman–Crippen LogP) is 1.47. The van der Waals surface area contributed by atoms with Gasteiger partial charge in [0.05, 0.1) is 10.5 Å². The molecule has 3 atom stereocenters. The van der Waals surface area contributed by atoms with E-state index in [2.05, 4.69) is 15.6 Å². The lowest BCUT2D eigenvalue weighted by molar-refractivity contribution is 0.0920. The predicted molar refractivity (Wildman–Crippen MR) is 76.0 cm³/mol. The zero-order chi connectivity index (χ0) is 13.7. The van der Waals surface area contributed by atoms with Gasteiger partial charge in [0, 0.05) is 24.8 Å². The molecule has 0 spiro atoms. The third-order valence-electron chi connectivity index (χ3n) is 4.36. The van der Waals surface area contributed by atoms with E-state index in [0.717, 1.165) is 18.5 Å². The third kappa shape index (κ3) is 1.98. The fourth-order valence-electron chi connectivity index (χ4n) is 3.36. The number of carbonyl (C=O) groups excluding carboxylic acids is 1. The number of piperidine rings is 1. The van der Waals surface area contributed by atoms with Crippen molar-refractivity contribution >= 4 is 23.0 Å². The van der Waals surface area contributed by atoms with E-state index in [1.54, 1.807) is 23.0 Å². The summed E-state index contributed by atoms with van der Waals surface area (Å²) in [7, 11) is 0. The van der Waals surface area contributed by atoms with E-state index < -0.39 is 0 Å². The van der Waals surface area contributed by atoms with Gasteiger partial charge in [-0.15, -0.1) is 0 Å². The van der Waals surface area contributed by atoms with E-state index >= 15 is 0 Å². The molecule has 1 aliphatic heterocycles. The molecule has 3 unspecified atom stereocenters. The zero-order valence-corrected chi connectivity index (χ0v) is 11.6. The van der Waals surface area contributed by atoms with Crippen molar-refractivity contribution < 1.29 is 4.79 Å². The first-order valence-corrected chi connectivity index (χ1v) is 7.24. The standard InChI is InChI=1S/C14H15ClN4O/c15-9-2-11-4-13(17-7-19(11)6-9)14(20)18-12-3-10-1-8(12)5-16-10/h2,4,6-8,10,12,16H,1,3,5H2,(H,18,20). The fraction of sp³-hybridized carbons (Fsp3) is 0.429. The highest BCUT2D eigenvalue weighted by molar-refractivity contribution is 6.31. The van der Waals surface area contributed by atoms with Crippen molar-refractivity contribution in [2.45, 2.75) is 24.9 Å². The maximum absolute atomic E-state index is 12.3. The van der Waals surface area contributed by atoms with Gasteiger partial charge < -0.3 is 15.0 Å². The van der Waals surface area contributed by atoms with Crippen molar-refractivity contribution in [3.63, 3.8) is 0 Å². The molecule has 5 nitrogen and oxygen atoms in total. The van der Waals surface area contributed by atoms with Gasteiger partial charge in [-0.2, -0.15) is 0 Å². The molecule has 3 heterocycles. The molecule has 0 aromatic carbocycles. The van der Waals surface area contributed by atoms with E-state index in [4.69, 9.17) is 11.6 Å². The molecule has 4 rings (SSSR count). The molecule has 20 heavy (non-hydrogen) atoms. The van der Waals surface area contributed by atoms with Crippen LogP contribution in [0, 0.1) is 5.92 Å². The van der Waals surface area contributed by atoms with Gasteiger partial charge in [-0.3, -0.25) is 4.79 Å². The Morgan fingerprint density at radius 1 is 1.45 bits per heavy atom. The Hall–Kier alpha value is -1.59. The summed E-state index contributed by atoms with van der Waals surface area (Å²) in [5.41, 5.74) is 1.33. The van der Waals surface area contributed by atoms with Crippen LogP contribution in [0.15, 0.2) is 24.7 Å². The van der Waals surface area contributed by atoms with Crippen LogP contribution in [-0.4, -0.2) is 33.9 Å². The number of nitrogens with zero attached hydrogens (tertiary/aromatic N) is 2. The van der Waals surface area contributed by atoms with Crippen LogP contribution in [-0.2, 0) is 0 Å². The lowest BCUT2D eigenvalue weighted by Crippen LogP contribution is -2.44. The van der Waals surface area contributed by atoms with E-state index in [-0.39, 0.29) is 11.9 Å². The first kappa shape index (κ1) is 12.2. The van der Waals surface area contributed by atoms with Crippen LogP contribution >= 0.6 is 11.6 Å². The molecule has 2 aromatic heterocycles. The summed E-state index contributed by atoms with van der Waals surface area (Å²) in [5.74, 6) is 0.470. The maximum atomic E-state index is 12.3. The van der Waals surface area contributed by atoms with E-state index in [0.29, 0.717) is 22.7 Å². The van der Waals surface area contributed by atoms with Crippen LogP contribution in [0.4, 0.5) is 0 Å². The largest absolute Gasteiger partial charge is 0.348 e. The molecular weight excluding hydrogens is 276 g/mol. The Balaban J connectivity index is 1.54. The Morgan fingerprint density at radius 3 is 3.10 bits per heavy atom. The Kier molecular flexibility index (Phi) is 2.72. The highest BCUT2D eigenvalue weighted by Gasteiger charge is 2.40. The Labute approximate surface area is 121 Å². The van der Waals surface area contributed by atoms with Crippen LogP contribution in [0.3, 0.4) is 0 Å². The van der Waals surface area contributed by atoms with Gasteiger partial charge in [0.2, 0.25) is 0 Å². The molecule has 104 valence electrons. The summed E-state index contributed by atoms with van der Waals surface area (Å²) in [6, 6.07) is 4.45. The number of fused-ring (bicyclic) bond motifs is 3. The summed E-state index contributed by atoms with van der Waals surface area (Å²) in [5, 5.41) is 7.20. The third-order valence-corrected chi connectivity index (χ3v) is 4.57. The molecule has 2 aliphatic rings. The number of halogens is 1. The molecule has 6 heteroatoms. The minimum atomic E-state index is -0.0950. The van der Waals surface area contributed by atoms with Crippen molar-refractivity contribution in [3.8, 4) is 0 Å². The van der Waals surface area contributed by atoms with Crippen LogP contribution in [0.1, 0.15) is 23.3 Å². The van der Waals surface area contributed by atoms with Crippen molar-refractivity contribution in [1.82, 2.24) is 20.0 Å². The van der Waals surface area contributed by atoms with Gasteiger partial charge in [0.25, 0.3) is 5.91 Å².